The summed E-state index contributed by atoms with van der Waals surface area (Å²) in [6.45, 7) is 5.48. The van der Waals surface area contributed by atoms with Gasteiger partial charge in [0.25, 0.3) is 0 Å². The Balaban J connectivity index is 2.26. The van der Waals surface area contributed by atoms with Crippen molar-refractivity contribution in [2.45, 2.75) is 20.3 Å². The van der Waals surface area contributed by atoms with Gasteiger partial charge in [0.1, 0.15) is 0 Å². The van der Waals surface area contributed by atoms with E-state index in [0.717, 1.165) is 12.5 Å². The molecule has 0 aromatic heterocycles. The third-order valence-corrected chi connectivity index (χ3v) is 2.66. The maximum atomic E-state index is 5.41. The van der Waals surface area contributed by atoms with E-state index in [1.54, 1.807) is 5.57 Å². The Labute approximate surface area is 55.7 Å². The first-order chi connectivity index (χ1) is 4.30. The Hall–Kier alpha value is -0.460. The van der Waals surface area contributed by atoms with Crippen LogP contribution >= 0.6 is 0 Å². The summed E-state index contributed by atoms with van der Waals surface area (Å²) in [6.07, 6.45) is 1.20. The van der Waals surface area contributed by atoms with Crippen molar-refractivity contribution >= 4 is 0 Å². The highest BCUT2D eigenvalue weighted by molar-refractivity contribution is 5.29. The van der Waals surface area contributed by atoms with Crippen LogP contribution in [0.25, 0.3) is 0 Å². The fraction of sp³-hybridized carbons (Fsp3) is 0.750. The second-order valence-corrected chi connectivity index (χ2v) is 3.07. The van der Waals surface area contributed by atoms with Gasteiger partial charge in [0, 0.05) is 12.3 Å². The lowest BCUT2D eigenvalue weighted by molar-refractivity contribution is 0.184. The van der Waals surface area contributed by atoms with Crippen LogP contribution in [0.2, 0.25) is 0 Å². The molecular formula is C8H12O. The van der Waals surface area contributed by atoms with Crippen molar-refractivity contribution in [2.24, 2.45) is 11.8 Å². The van der Waals surface area contributed by atoms with Gasteiger partial charge < -0.3 is 4.74 Å². The van der Waals surface area contributed by atoms with Crippen molar-refractivity contribution in [3.05, 3.63) is 11.3 Å². The van der Waals surface area contributed by atoms with Crippen molar-refractivity contribution in [2.75, 3.05) is 6.61 Å². The van der Waals surface area contributed by atoms with Gasteiger partial charge in [-0.1, -0.05) is 13.8 Å². The third-order valence-electron chi connectivity index (χ3n) is 2.66. The number of hydrogen-bond donors (Lipinski definition) is 0. The number of hydrogen-bond acceptors (Lipinski definition) is 1. The SMILES string of the molecule is CC1C2=C(OCC2)[C@H]1C. The Morgan fingerprint density at radius 3 is 2.78 bits per heavy atom. The minimum atomic E-state index is 0.711. The van der Waals surface area contributed by atoms with Gasteiger partial charge in [0.05, 0.1) is 12.4 Å². The van der Waals surface area contributed by atoms with Gasteiger partial charge in [0.2, 0.25) is 0 Å². The Morgan fingerprint density at radius 1 is 1.33 bits per heavy atom. The summed E-state index contributed by atoms with van der Waals surface area (Å²) in [5.74, 6) is 2.83. The number of allylic oxidation sites excluding steroid dienone is 1. The van der Waals surface area contributed by atoms with Gasteiger partial charge in [-0.2, -0.15) is 0 Å². The van der Waals surface area contributed by atoms with Crippen LogP contribution in [0, 0.1) is 11.8 Å². The van der Waals surface area contributed by atoms with Gasteiger partial charge >= 0.3 is 0 Å². The molecule has 1 nitrogen and oxygen atoms in total. The molecule has 1 heteroatoms. The standard InChI is InChI=1S/C8H12O/c1-5-6(2)8-7(5)3-4-9-8/h5-6H,3-4H2,1-2H3/t5?,6-/m0/s1. The molecule has 2 rings (SSSR count). The lowest BCUT2D eigenvalue weighted by atomic mass is 9.75. The summed E-state index contributed by atoms with van der Waals surface area (Å²) >= 11 is 0. The highest BCUT2D eigenvalue weighted by Crippen LogP contribution is 2.45. The molecule has 0 amide bonds. The van der Waals surface area contributed by atoms with Crippen molar-refractivity contribution in [1.29, 1.82) is 0 Å². The molecule has 0 aromatic carbocycles. The first-order valence-electron chi connectivity index (χ1n) is 3.66. The first kappa shape index (κ1) is 5.33. The molecule has 0 saturated carbocycles. The normalized spacial score (nSPS) is 39.8. The molecule has 50 valence electrons. The molecular weight excluding hydrogens is 112 g/mol. The smallest absolute Gasteiger partial charge is 0.0990 e. The summed E-state index contributed by atoms with van der Waals surface area (Å²) in [7, 11) is 0. The zero-order valence-electron chi connectivity index (χ0n) is 5.98. The van der Waals surface area contributed by atoms with Crippen molar-refractivity contribution in [3.8, 4) is 0 Å². The molecule has 1 aliphatic heterocycles. The molecule has 1 unspecified atom stereocenters. The summed E-state index contributed by atoms with van der Waals surface area (Å²) in [6, 6.07) is 0. The molecule has 1 aliphatic carbocycles. The Morgan fingerprint density at radius 2 is 2.11 bits per heavy atom. The zero-order valence-corrected chi connectivity index (χ0v) is 5.98. The summed E-state index contributed by atoms with van der Waals surface area (Å²) in [5.41, 5.74) is 1.59. The molecule has 0 fully saturated rings. The Bertz CT molecular complexity index is 151. The molecule has 0 spiro atoms. The van der Waals surface area contributed by atoms with E-state index in [1.807, 2.05) is 0 Å². The average Bonchev–Trinajstić information content (AvgIpc) is 2.30. The third kappa shape index (κ3) is 0.499. The highest BCUT2D eigenvalue weighted by Gasteiger charge is 2.38. The predicted octanol–water partition coefficient (Wildman–Crippen LogP) is 1.95. The number of rotatable bonds is 0. The van der Waals surface area contributed by atoms with E-state index in [-0.39, 0.29) is 0 Å². The van der Waals surface area contributed by atoms with Crippen LogP contribution < -0.4 is 0 Å². The molecule has 1 heterocycles. The van der Waals surface area contributed by atoms with Crippen LogP contribution in [0.4, 0.5) is 0 Å². The molecule has 2 atom stereocenters. The summed E-state index contributed by atoms with van der Waals surface area (Å²) < 4.78 is 5.41. The first-order valence-corrected chi connectivity index (χ1v) is 3.66. The maximum absolute atomic E-state index is 5.41. The van der Waals surface area contributed by atoms with E-state index >= 15 is 0 Å². The van der Waals surface area contributed by atoms with E-state index < -0.39 is 0 Å². The second-order valence-electron chi connectivity index (χ2n) is 3.07. The van der Waals surface area contributed by atoms with Crippen molar-refractivity contribution in [3.63, 3.8) is 0 Å². The fourth-order valence-corrected chi connectivity index (χ4v) is 1.80. The molecule has 0 bridgehead atoms. The topological polar surface area (TPSA) is 9.23 Å². The molecule has 2 aliphatic rings. The van der Waals surface area contributed by atoms with E-state index in [2.05, 4.69) is 13.8 Å². The van der Waals surface area contributed by atoms with Gasteiger partial charge in [0.15, 0.2) is 0 Å². The van der Waals surface area contributed by atoms with Crippen molar-refractivity contribution in [1.82, 2.24) is 0 Å². The van der Waals surface area contributed by atoms with Crippen LogP contribution in [0.15, 0.2) is 11.3 Å². The minimum Gasteiger partial charge on any atom is -0.497 e. The molecule has 0 N–H and O–H groups in total. The van der Waals surface area contributed by atoms with Gasteiger partial charge in [-0.3, -0.25) is 0 Å². The molecule has 0 saturated heterocycles. The molecule has 0 radical (unpaired) electrons. The monoisotopic (exact) mass is 124 g/mol. The quantitative estimate of drug-likeness (QED) is 0.479. The van der Waals surface area contributed by atoms with Gasteiger partial charge in [-0.15, -0.1) is 0 Å². The molecule has 9 heavy (non-hydrogen) atoms. The number of ether oxygens (including phenoxy) is 1. The molecule has 0 aromatic rings. The van der Waals surface area contributed by atoms with Crippen LogP contribution in [0.5, 0.6) is 0 Å². The lowest BCUT2D eigenvalue weighted by Crippen LogP contribution is -2.23. The van der Waals surface area contributed by atoms with Crippen LogP contribution in [0.3, 0.4) is 0 Å². The minimum absolute atomic E-state index is 0.711. The largest absolute Gasteiger partial charge is 0.497 e. The zero-order chi connectivity index (χ0) is 6.43. The van der Waals surface area contributed by atoms with Gasteiger partial charge in [-0.25, -0.2) is 0 Å². The predicted molar refractivity (Wildman–Crippen MR) is 35.9 cm³/mol. The fourth-order valence-electron chi connectivity index (χ4n) is 1.80. The lowest BCUT2D eigenvalue weighted by Gasteiger charge is -2.31. The Kier molecular flexibility index (Phi) is 0.904. The second kappa shape index (κ2) is 1.53. The highest BCUT2D eigenvalue weighted by atomic mass is 16.5. The van der Waals surface area contributed by atoms with Crippen molar-refractivity contribution < 1.29 is 4.74 Å². The van der Waals surface area contributed by atoms with Crippen LogP contribution in [-0.4, -0.2) is 6.61 Å². The van der Waals surface area contributed by atoms with E-state index in [4.69, 9.17) is 4.74 Å². The van der Waals surface area contributed by atoms with E-state index in [9.17, 15) is 0 Å². The summed E-state index contributed by atoms with van der Waals surface area (Å²) in [5, 5.41) is 0. The van der Waals surface area contributed by atoms with E-state index in [1.165, 1.54) is 12.2 Å². The maximum Gasteiger partial charge on any atom is 0.0990 e. The van der Waals surface area contributed by atoms with Crippen LogP contribution in [0.1, 0.15) is 20.3 Å². The van der Waals surface area contributed by atoms with E-state index in [0.29, 0.717) is 5.92 Å². The summed E-state index contributed by atoms with van der Waals surface area (Å²) in [4.78, 5) is 0. The average molecular weight is 124 g/mol. The van der Waals surface area contributed by atoms with Crippen LogP contribution in [-0.2, 0) is 4.74 Å². The van der Waals surface area contributed by atoms with Gasteiger partial charge in [-0.05, 0) is 11.5 Å².